The molecule has 1 amide bonds. The monoisotopic (exact) mass is 300 g/mol. The van der Waals surface area contributed by atoms with Crippen LogP contribution in [-0.2, 0) is 17.9 Å². The molecule has 114 valence electrons. The van der Waals surface area contributed by atoms with Gasteiger partial charge < -0.3 is 15.8 Å². The number of benzene rings is 2. The fraction of sp³-hybridized carbons (Fsp3) is 0.118. The Bertz CT molecular complexity index is 669. The van der Waals surface area contributed by atoms with Crippen molar-refractivity contribution in [2.45, 2.75) is 13.2 Å². The molecule has 3 N–H and O–H groups in total. The molecule has 0 aliphatic heterocycles. The van der Waals surface area contributed by atoms with Gasteiger partial charge in [0.25, 0.3) is 5.91 Å². The van der Waals surface area contributed by atoms with Gasteiger partial charge in [-0.2, -0.15) is 0 Å². The molecule has 2 aromatic rings. The molecular formula is C17H17FN2O2. The van der Waals surface area contributed by atoms with Crippen LogP contribution in [0.25, 0.3) is 0 Å². The number of rotatable bonds is 7. The van der Waals surface area contributed by atoms with E-state index in [4.69, 9.17) is 10.5 Å². The molecule has 0 fully saturated rings. The molecule has 0 aliphatic carbocycles. The van der Waals surface area contributed by atoms with E-state index >= 15 is 0 Å². The van der Waals surface area contributed by atoms with E-state index in [-0.39, 0.29) is 18.1 Å². The van der Waals surface area contributed by atoms with E-state index in [9.17, 15) is 9.18 Å². The number of nitrogens with two attached hydrogens (primary N) is 1. The number of hydrogen-bond donors (Lipinski definition) is 2. The van der Waals surface area contributed by atoms with Crippen molar-refractivity contribution in [1.29, 1.82) is 0 Å². The van der Waals surface area contributed by atoms with Crippen molar-refractivity contribution >= 4 is 5.91 Å². The lowest BCUT2D eigenvalue weighted by Crippen LogP contribution is -2.24. The molecule has 0 atom stereocenters. The first-order chi connectivity index (χ1) is 10.6. The Kier molecular flexibility index (Phi) is 5.14. The van der Waals surface area contributed by atoms with Crippen molar-refractivity contribution in [1.82, 2.24) is 5.32 Å². The molecule has 22 heavy (non-hydrogen) atoms. The number of carbonyl (C=O) groups excluding carboxylic acids is 1. The minimum absolute atomic E-state index is 0.167. The summed E-state index contributed by atoms with van der Waals surface area (Å²) in [5.74, 6) is -0.223. The smallest absolute Gasteiger partial charge is 0.264 e. The first-order valence-electron chi connectivity index (χ1n) is 6.74. The van der Waals surface area contributed by atoms with Gasteiger partial charge in [-0.1, -0.05) is 36.9 Å². The molecule has 5 heteroatoms. The number of ether oxygens (including phenoxy) is 1. The number of nitrogens with one attached hydrogen (secondary N) is 1. The Labute approximate surface area is 128 Å². The van der Waals surface area contributed by atoms with E-state index in [0.717, 1.165) is 5.56 Å². The summed E-state index contributed by atoms with van der Waals surface area (Å²) >= 11 is 0. The van der Waals surface area contributed by atoms with Gasteiger partial charge in [0.05, 0.1) is 5.70 Å². The van der Waals surface area contributed by atoms with Gasteiger partial charge in [0, 0.05) is 12.1 Å². The van der Waals surface area contributed by atoms with E-state index < -0.39 is 5.91 Å². The minimum atomic E-state index is -0.579. The standard InChI is InChI=1S/C17H17FN2O2/c1-12(17(19)21)20-10-13-6-8-15(9-7-13)22-11-14-4-2-3-5-16(14)18/h2-9,20H,1,10-11H2,(H2,19,21). The van der Waals surface area contributed by atoms with Crippen molar-refractivity contribution in [2.75, 3.05) is 0 Å². The summed E-state index contributed by atoms with van der Waals surface area (Å²) in [6, 6.07) is 13.7. The highest BCUT2D eigenvalue weighted by molar-refractivity contribution is 5.90. The maximum atomic E-state index is 13.5. The summed E-state index contributed by atoms with van der Waals surface area (Å²) in [6.07, 6.45) is 0. The van der Waals surface area contributed by atoms with E-state index in [1.807, 2.05) is 12.1 Å². The fourth-order valence-electron chi connectivity index (χ4n) is 1.78. The van der Waals surface area contributed by atoms with Crippen LogP contribution in [0.3, 0.4) is 0 Å². The lowest BCUT2D eigenvalue weighted by Gasteiger charge is -2.09. The van der Waals surface area contributed by atoms with Crippen molar-refractivity contribution < 1.29 is 13.9 Å². The number of hydrogen-bond acceptors (Lipinski definition) is 3. The van der Waals surface area contributed by atoms with Gasteiger partial charge in [0.1, 0.15) is 18.2 Å². The summed E-state index contributed by atoms with van der Waals surface area (Å²) in [7, 11) is 0. The molecular weight excluding hydrogens is 283 g/mol. The number of halogens is 1. The zero-order valence-corrected chi connectivity index (χ0v) is 12.0. The predicted octanol–water partition coefficient (Wildman–Crippen LogP) is 2.49. The van der Waals surface area contributed by atoms with Crippen LogP contribution in [0.15, 0.2) is 60.8 Å². The number of amides is 1. The molecule has 0 unspecified atom stereocenters. The van der Waals surface area contributed by atoms with Gasteiger partial charge in [-0.15, -0.1) is 0 Å². The molecule has 2 aromatic carbocycles. The van der Waals surface area contributed by atoms with Crippen LogP contribution in [0.4, 0.5) is 4.39 Å². The second-order valence-electron chi connectivity index (χ2n) is 4.72. The normalized spacial score (nSPS) is 10.0. The first-order valence-corrected chi connectivity index (χ1v) is 6.74. The first kappa shape index (κ1) is 15.6. The molecule has 0 spiro atoms. The Hall–Kier alpha value is -2.82. The van der Waals surface area contributed by atoms with Gasteiger partial charge in [0.15, 0.2) is 0 Å². The number of primary amides is 1. The second kappa shape index (κ2) is 7.26. The van der Waals surface area contributed by atoms with E-state index in [1.54, 1.807) is 30.3 Å². The lowest BCUT2D eigenvalue weighted by atomic mass is 10.2. The maximum Gasteiger partial charge on any atom is 0.264 e. The Balaban J connectivity index is 1.88. The van der Waals surface area contributed by atoms with Crippen LogP contribution >= 0.6 is 0 Å². The third-order valence-corrected chi connectivity index (χ3v) is 3.08. The Morgan fingerprint density at radius 2 is 1.86 bits per heavy atom. The average Bonchev–Trinajstić information content (AvgIpc) is 2.52. The molecule has 0 aromatic heterocycles. The van der Waals surface area contributed by atoms with Gasteiger partial charge in [-0.05, 0) is 23.8 Å². The van der Waals surface area contributed by atoms with Crippen molar-refractivity contribution in [3.8, 4) is 5.75 Å². The van der Waals surface area contributed by atoms with Gasteiger partial charge in [0.2, 0.25) is 0 Å². The van der Waals surface area contributed by atoms with Gasteiger partial charge >= 0.3 is 0 Å². The van der Waals surface area contributed by atoms with Crippen molar-refractivity contribution in [3.63, 3.8) is 0 Å². The molecule has 4 nitrogen and oxygen atoms in total. The minimum Gasteiger partial charge on any atom is -0.489 e. The summed E-state index contributed by atoms with van der Waals surface area (Å²) in [6.45, 7) is 4.12. The zero-order valence-electron chi connectivity index (χ0n) is 12.0. The summed E-state index contributed by atoms with van der Waals surface area (Å²) in [4.78, 5) is 10.8. The highest BCUT2D eigenvalue weighted by Crippen LogP contribution is 2.15. The quantitative estimate of drug-likeness (QED) is 0.772. The molecule has 0 aliphatic rings. The predicted molar refractivity (Wildman–Crippen MR) is 82.3 cm³/mol. The van der Waals surface area contributed by atoms with E-state index in [0.29, 0.717) is 17.9 Å². The summed E-state index contributed by atoms with van der Waals surface area (Å²) < 4.78 is 19.0. The highest BCUT2D eigenvalue weighted by atomic mass is 19.1. The summed E-state index contributed by atoms with van der Waals surface area (Å²) in [5.41, 5.74) is 6.70. The number of carbonyl (C=O) groups is 1. The van der Waals surface area contributed by atoms with Crippen LogP contribution in [0.1, 0.15) is 11.1 Å². The lowest BCUT2D eigenvalue weighted by molar-refractivity contribution is -0.114. The van der Waals surface area contributed by atoms with Crippen LogP contribution in [0.5, 0.6) is 5.75 Å². The second-order valence-corrected chi connectivity index (χ2v) is 4.72. The zero-order chi connectivity index (χ0) is 15.9. The van der Waals surface area contributed by atoms with Crippen LogP contribution in [-0.4, -0.2) is 5.91 Å². The molecule has 0 bridgehead atoms. The van der Waals surface area contributed by atoms with Crippen LogP contribution < -0.4 is 15.8 Å². The molecule has 0 saturated carbocycles. The third-order valence-electron chi connectivity index (χ3n) is 3.08. The van der Waals surface area contributed by atoms with E-state index in [1.165, 1.54) is 6.07 Å². The largest absolute Gasteiger partial charge is 0.489 e. The topological polar surface area (TPSA) is 64.3 Å². The van der Waals surface area contributed by atoms with Gasteiger partial charge in [-0.25, -0.2) is 4.39 Å². The molecule has 0 saturated heterocycles. The SMILES string of the molecule is C=C(NCc1ccc(OCc2ccccc2F)cc1)C(N)=O. The molecule has 0 radical (unpaired) electrons. The summed E-state index contributed by atoms with van der Waals surface area (Å²) in [5, 5.41) is 2.82. The van der Waals surface area contributed by atoms with Gasteiger partial charge in [-0.3, -0.25) is 4.79 Å². The van der Waals surface area contributed by atoms with E-state index in [2.05, 4.69) is 11.9 Å². The Morgan fingerprint density at radius 3 is 2.50 bits per heavy atom. The van der Waals surface area contributed by atoms with Crippen LogP contribution in [0.2, 0.25) is 0 Å². The van der Waals surface area contributed by atoms with Crippen LogP contribution in [0, 0.1) is 5.82 Å². The molecule has 0 heterocycles. The highest BCUT2D eigenvalue weighted by Gasteiger charge is 2.03. The fourth-order valence-corrected chi connectivity index (χ4v) is 1.78. The average molecular weight is 300 g/mol. The maximum absolute atomic E-state index is 13.5. The third kappa shape index (κ3) is 4.34. The van der Waals surface area contributed by atoms with Crippen molar-refractivity contribution in [2.24, 2.45) is 5.73 Å². The van der Waals surface area contributed by atoms with Crippen molar-refractivity contribution in [3.05, 3.63) is 77.8 Å². The molecule has 2 rings (SSSR count). The Morgan fingerprint density at radius 1 is 1.18 bits per heavy atom.